The number of hydrogen-bond acceptors (Lipinski definition) is 8. The van der Waals surface area contributed by atoms with Gasteiger partial charge in [-0.25, -0.2) is 0 Å². The van der Waals surface area contributed by atoms with Gasteiger partial charge in [0.05, 0.1) is 40.3 Å². The van der Waals surface area contributed by atoms with Gasteiger partial charge >= 0.3 is 11.9 Å². The van der Waals surface area contributed by atoms with E-state index in [0.29, 0.717) is 23.9 Å². The van der Waals surface area contributed by atoms with Crippen LogP contribution in [0, 0.1) is 0 Å². The van der Waals surface area contributed by atoms with Crippen molar-refractivity contribution in [3.05, 3.63) is 12.2 Å². The summed E-state index contributed by atoms with van der Waals surface area (Å²) in [7, 11) is 5.91. The van der Waals surface area contributed by atoms with Crippen LogP contribution in [0.5, 0.6) is 0 Å². The SMILES string of the molecule is CCCCCCCC/C=C\CCCCCCCCCCCC(=O)OC(COC(=O)CCCCCCCCCCCCCCC)COC(OCC[N+](C)(C)C)C(=O)[O-]. The number of carbonyl (C=O) groups is 3. The van der Waals surface area contributed by atoms with E-state index >= 15 is 0 Å². The zero-order valence-corrected chi connectivity index (χ0v) is 38.0. The minimum absolute atomic E-state index is 0.151. The first-order valence-corrected chi connectivity index (χ1v) is 23.8. The molecule has 9 nitrogen and oxygen atoms in total. The number of esters is 2. The van der Waals surface area contributed by atoms with Gasteiger partial charge in [0, 0.05) is 12.8 Å². The molecule has 0 N–H and O–H groups in total. The van der Waals surface area contributed by atoms with E-state index in [0.717, 1.165) is 38.5 Å². The van der Waals surface area contributed by atoms with Crippen LogP contribution in [0.4, 0.5) is 0 Å². The Kier molecular flexibility index (Phi) is 39.4. The van der Waals surface area contributed by atoms with Crippen molar-refractivity contribution in [2.75, 3.05) is 47.5 Å². The largest absolute Gasteiger partial charge is 0.545 e. The molecule has 0 spiro atoms. The van der Waals surface area contributed by atoms with E-state index in [1.807, 2.05) is 21.1 Å². The van der Waals surface area contributed by atoms with E-state index in [-0.39, 0.29) is 32.2 Å². The van der Waals surface area contributed by atoms with E-state index < -0.39 is 24.3 Å². The van der Waals surface area contributed by atoms with Gasteiger partial charge in [-0.2, -0.15) is 0 Å². The molecule has 0 bridgehead atoms. The van der Waals surface area contributed by atoms with Crippen LogP contribution in [0.15, 0.2) is 12.2 Å². The van der Waals surface area contributed by atoms with Gasteiger partial charge in [0.1, 0.15) is 13.2 Å². The van der Waals surface area contributed by atoms with Crippen LogP contribution in [-0.4, -0.2) is 82.3 Å². The van der Waals surface area contributed by atoms with Crippen molar-refractivity contribution in [1.82, 2.24) is 0 Å². The first kappa shape index (κ1) is 55.0. The Labute approximate surface area is 351 Å². The molecule has 9 heteroatoms. The number of ether oxygens (including phenoxy) is 4. The predicted molar refractivity (Wildman–Crippen MR) is 233 cm³/mol. The summed E-state index contributed by atoms with van der Waals surface area (Å²) in [6.45, 7) is 4.76. The number of rotatable bonds is 44. The highest BCUT2D eigenvalue weighted by Gasteiger charge is 2.21. The van der Waals surface area contributed by atoms with E-state index in [2.05, 4.69) is 26.0 Å². The Morgan fingerprint density at radius 2 is 0.895 bits per heavy atom. The lowest BCUT2D eigenvalue weighted by molar-refractivity contribution is -0.870. The molecular formula is C48H91NO8. The van der Waals surface area contributed by atoms with Crippen molar-refractivity contribution in [1.29, 1.82) is 0 Å². The van der Waals surface area contributed by atoms with Crippen molar-refractivity contribution in [3.63, 3.8) is 0 Å². The predicted octanol–water partition coefficient (Wildman–Crippen LogP) is 11.3. The third-order valence-corrected chi connectivity index (χ3v) is 10.5. The molecule has 0 heterocycles. The van der Waals surface area contributed by atoms with E-state index in [1.54, 1.807) is 0 Å². The Morgan fingerprint density at radius 3 is 1.30 bits per heavy atom. The van der Waals surface area contributed by atoms with Gasteiger partial charge in [0.15, 0.2) is 12.4 Å². The van der Waals surface area contributed by atoms with Gasteiger partial charge < -0.3 is 33.3 Å². The fourth-order valence-corrected chi connectivity index (χ4v) is 6.77. The Balaban J connectivity index is 4.36. The number of unbranched alkanes of at least 4 members (excludes halogenated alkanes) is 27. The average molecular weight is 810 g/mol. The molecule has 336 valence electrons. The fourth-order valence-electron chi connectivity index (χ4n) is 6.77. The second-order valence-corrected chi connectivity index (χ2v) is 17.4. The van der Waals surface area contributed by atoms with E-state index in [9.17, 15) is 19.5 Å². The number of likely N-dealkylation sites (N-methyl/N-ethyl adjacent to an activating group) is 1. The van der Waals surface area contributed by atoms with Crippen molar-refractivity contribution in [3.8, 4) is 0 Å². The van der Waals surface area contributed by atoms with Gasteiger partial charge in [-0.3, -0.25) is 9.59 Å². The fraction of sp³-hybridized carbons (Fsp3) is 0.896. The first-order valence-electron chi connectivity index (χ1n) is 23.8. The minimum Gasteiger partial charge on any atom is -0.545 e. The average Bonchev–Trinajstić information content (AvgIpc) is 3.17. The second kappa shape index (κ2) is 40.8. The van der Waals surface area contributed by atoms with Crippen molar-refractivity contribution >= 4 is 17.9 Å². The molecule has 0 rings (SSSR count). The molecule has 0 radical (unpaired) electrons. The summed E-state index contributed by atoms with van der Waals surface area (Å²) in [6.07, 6.45) is 39.5. The van der Waals surface area contributed by atoms with Crippen molar-refractivity contribution < 1.29 is 42.9 Å². The van der Waals surface area contributed by atoms with Gasteiger partial charge in [0.2, 0.25) is 0 Å². The Morgan fingerprint density at radius 1 is 0.509 bits per heavy atom. The second-order valence-electron chi connectivity index (χ2n) is 17.4. The maximum Gasteiger partial charge on any atom is 0.306 e. The lowest BCUT2D eigenvalue weighted by Crippen LogP contribution is -2.44. The van der Waals surface area contributed by atoms with Crippen molar-refractivity contribution in [2.24, 2.45) is 0 Å². The van der Waals surface area contributed by atoms with Crippen molar-refractivity contribution in [2.45, 2.75) is 232 Å². The van der Waals surface area contributed by atoms with Crippen LogP contribution in [0.25, 0.3) is 0 Å². The quantitative estimate of drug-likeness (QED) is 0.0197. The normalized spacial score (nSPS) is 12.9. The summed E-state index contributed by atoms with van der Waals surface area (Å²) < 4.78 is 22.6. The summed E-state index contributed by atoms with van der Waals surface area (Å²) in [5, 5.41) is 11.7. The molecule has 0 amide bonds. The molecule has 0 aliphatic rings. The van der Waals surface area contributed by atoms with Crippen LogP contribution < -0.4 is 5.11 Å². The lowest BCUT2D eigenvalue weighted by Gasteiger charge is -2.26. The molecule has 0 aromatic rings. The molecule has 2 atom stereocenters. The number of quaternary nitrogens is 1. The van der Waals surface area contributed by atoms with Gasteiger partial charge in [-0.05, 0) is 38.5 Å². The topological polar surface area (TPSA) is 111 Å². The molecular weight excluding hydrogens is 719 g/mol. The summed E-state index contributed by atoms with van der Waals surface area (Å²) >= 11 is 0. The molecule has 0 fully saturated rings. The number of hydrogen-bond donors (Lipinski definition) is 0. The maximum absolute atomic E-state index is 12.8. The standard InChI is InChI=1S/C48H91NO8/c1-6-8-10-12-14-16-18-20-21-22-23-24-25-27-29-31-33-35-37-39-46(51)57-44(43-56-48(47(52)53)54-41-40-49(3,4)5)42-55-45(50)38-36-34-32-30-28-26-19-17-15-13-11-9-7-2/h20-21,44,48H,6-19,22-43H2,1-5H3/b21-20-. The Bertz CT molecular complexity index is 949. The van der Waals surface area contributed by atoms with E-state index in [4.69, 9.17) is 18.9 Å². The molecule has 0 aromatic carbocycles. The van der Waals surface area contributed by atoms with Crippen LogP contribution in [0.3, 0.4) is 0 Å². The molecule has 0 aliphatic heterocycles. The summed E-state index contributed by atoms with van der Waals surface area (Å²) in [6, 6.07) is 0. The maximum atomic E-state index is 12.8. The third-order valence-electron chi connectivity index (χ3n) is 10.5. The molecule has 0 aliphatic carbocycles. The molecule has 2 unspecified atom stereocenters. The number of nitrogens with zero attached hydrogens (tertiary/aromatic N) is 1. The molecule has 0 aromatic heterocycles. The van der Waals surface area contributed by atoms with Crippen LogP contribution in [-0.2, 0) is 33.3 Å². The molecule has 57 heavy (non-hydrogen) atoms. The first-order chi connectivity index (χ1) is 27.6. The number of aliphatic carboxylic acids is 1. The zero-order chi connectivity index (χ0) is 42.1. The van der Waals surface area contributed by atoms with Crippen LogP contribution in [0.2, 0.25) is 0 Å². The number of allylic oxidation sites excluding steroid dienone is 2. The van der Waals surface area contributed by atoms with Crippen LogP contribution in [0.1, 0.15) is 219 Å². The monoisotopic (exact) mass is 810 g/mol. The van der Waals surface area contributed by atoms with Gasteiger partial charge in [-0.1, -0.05) is 180 Å². The molecule has 0 saturated heterocycles. The highest BCUT2D eigenvalue weighted by atomic mass is 16.7. The van der Waals surface area contributed by atoms with Gasteiger partial charge in [0.25, 0.3) is 0 Å². The number of carbonyl (C=O) groups excluding carboxylic acids is 3. The molecule has 0 saturated carbocycles. The Hall–Kier alpha value is -1.97. The highest BCUT2D eigenvalue weighted by molar-refractivity contribution is 5.70. The number of carboxylic acids is 1. The lowest BCUT2D eigenvalue weighted by atomic mass is 10.0. The summed E-state index contributed by atoms with van der Waals surface area (Å²) in [5.41, 5.74) is 0. The summed E-state index contributed by atoms with van der Waals surface area (Å²) in [5.74, 6) is -2.27. The summed E-state index contributed by atoms with van der Waals surface area (Å²) in [4.78, 5) is 37.0. The number of carboxylic acid groups (broad SMARTS) is 1. The third kappa shape index (κ3) is 42.0. The van der Waals surface area contributed by atoms with Crippen LogP contribution >= 0.6 is 0 Å². The smallest absolute Gasteiger partial charge is 0.306 e. The van der Waals surface area contributed by atoms with E-state index in [1.165, 1.54) is 148 Å². The minimum atomic E-state index is -1.61. The zero-order valence-electron chi connectivity index (χ0n) is 38.0. The highest BCUT2D eigenvalue weighted by Crippen LogP contribution is 2.15. The van der Waals surface area contributed by atoms with Gasteiger partial charge in [-0.15, -0.1) is 0 Å².